The zero-order valence-corrected chi connectivity index (χ0v) is 45.5. The topological polar surface area (TPSA) is 415 Å². The number of nitrogens with two attached hydrogens (primary N) is 4. The van der Waals surface area contributed by atoms with Crippen molar-refractivity contribution in [1.82, 2.24) is 42.5 Å². The minimum Gasteiger partial charge on any atom is -0.508 e. The SMILES string of the molecule is CC(C)(S)[C@@H](NC(=O)[C@@H](N)Cc1ccc(O)cc1)C(=O)N[C@@H](Cc1ccc(O)cc1)C(=O)NCC(=O)N[C@@H](CO)C(=O)N[C@@H](Cc1ccccc1)C(=O)N[C@@H](CS)C(=O)N[C@@H](CCCCN)C(=O)N[C@@H](CCCCN)C(N)=O. The van der Waals surface area contributed by atoms with Crippen molar-refractivity contribution in [2.24, 2.45) is 22.9 Å². The second-order valence-electron chi connectivity index (χ2n) is 19.1. The molecule has 26 heteroatoms. The normalized spacial score (nSPS) is 14.3. The fraction of sp³-hybridized carbons (Fsp3) is 0.481. The van der Waals surface area contributed by atoms with E-state index in [4.69, 9.17) is 22.9 Å². The van der Waals surface area contributed by atoms with Gasteiger partial charge in [0.2, 0.25) is 53.2 Å². The van der Waals surface area contributed by atoms with E-state index >= 15 is 0 Å². The van der Waals surface area contributed by atoms with E-state index in [9.17, 15) is 58.5 Å². The van der Waals surface area contributed by atoms with E-state index in [1.165, 1.54) is 36.4 Å². The van der Waals surface area contributed by atoms with Crippen molar-refractivity contribution < 1.29 is 58.5 Å². The number of phenolic OH excluding ortho intramolecular Hbond substituents is 2. The molecule has 0 heterocycles. The molecular formula is C52H76N12O12S2. The van der Waals surface area contributed by atoms with Gasteiger partial charge < -0.3 is 80.8 Å². The second-order valence-corrected chi connectivity index (χ2v) is 20.6. The molecule has 19 N–H and O–H groups in total. The van der Waals surface area contributed by atoms with Gasteiger partial charge in [-0.25, -0.2) is 0 Å². The number of phenols is 2. The predicted octanol–water partition coefficient (Wildman–Crippen LogP) is -2.66. The Hall–Kier alpha value is -6.97. The summed E-state index contributed by atoms with van der Waals surface area (Å²) in [5, 5.41) is 50.0. The second kappa shape index (κ2) is 33.4. The lowest BCUT2D eigenvalue weighted by Crippen LogP contribution is -2.62. The number of primary amides is 1. The number of unbranched alkanes of at least 4 members (excludes halogenated alkanes) is 2. The largest absolute Gasteiger partial charge is 0.508 e. The maximum atomic E-state index is 14.0. The van der Waals surface area contributed by atoms with Gasteiger partial charge in [0.05, 0.1) is 19.2 Å². The maximum Gasteiger partial charge on any atom is 0.245 e. The van der Waals surface area contributed by atoms with Crippen LogP contribution in [0, 0.1) is 0 Å². The third-order valence-corrected chi connectivity index (χ3v) is 12.8. The Morgan fingerprint density at radius 2 is 0.962 bits per heavy atom. The van der Waals surface area contributed by atoms with Gasteiger partial charge in [0.15, 0.2) is 0 Å². The van der Waals surface area contributed by atoms with Crippen molar-refractivity contribution in [3.63, 3.8) is 0 Å². The van der Waals surface area contributed by atoms with E-state index in [1.807, 2.05) is 0 Å². The first kappa shape index (κ1) is 65.3. The summed E-state index contributed by atoms with van der Waals surface area (Å²) >= 11 is 8.81. The van der Waals surface area contributed by atoms with Crippen molar-refractivity contribution in [2.45, 2.75) is 125 Å². The Morgan fingerprint density at radius 1 is 0.526 bits per heavy atom. The highest BCUT2D eigenvalue weighted by Crippen LogP contribution is 2.20. The number of rotatable bonds is 34. The van der Waals surface area contributed by atoms with Gasteiger partial charge >= 0.3 is 0 Å². The number of aliphatic hydroxyl groups excluding tert-OH is 1. The van der Waals surface area contributed by atoms with Gasteiger partial charge in [0.1, 0.15) is 53.8 Å². The molecule has 0 fully saturated rings. The smallest absolute Gasteiger partial charge is 0.245 e. The molecule has 24 nitrogen and oxygen atoms in total. The van der Waals surface area contributed by atoms with Crippen LogP contribution in [0.15, 0.2) is 78.9 Å². The van der Waals surface area contributed by atoms with Gasteiger partial charge in [0, 0.05) is 23.3 Å². The van der Waals surface area contributed by atoms with Crippen molar-refractivity contribution in [1.29, 1.82) is 0 Å². The molecule has 3 aromatic carbocycles. The van der Waals surface area contributed by atoms with Gasteiger partial charge in [-0.3, -0.25) is 43.2 Å². The summed E-state index contributed by atoms with van der Waals surface area (Å²) in [5.74, 6) is -7.94. The lowest BCUT2D eigenvalue weighted by molar-refractivity contribution is -0.135. The molecule has 0 spiro atoms. The van der Waals surface area contributed by atoms with Crippen LogP contribution >= 0.6 is 25.3 Å². The number of nitrogens with one attached hydrogen (secondary N) is 8. The summed E-state index contributed by atoms with van der Waals surface area (Å²) in [6, 6.07) is 9.63. The summed E-state index contributed by atoms with van der Waals surface area (Å²) in [6.45, 7) is 2.02. The van der Waals surface area contributed by atoms with E-state index in [2.05, 4.69) is 67.8 Å². The third kappa shape index (κ3) is 22.9. The molecule has 0 aliphatic rings. The predicted molar refractivity (Wildman–Crippen MR) is 297 cm³/mol. The molecule has 428 valence electrons. The molecule has 3 aromatic rings. The highest BCUT2D eigenvalue weighted by molar-refractivity contribution is 7.81. The fourth-order valence-corrected chi connectivity index (χ4v) is 8.17. The Labute approximate surface area is 464 Å². The highest BCUT2D eigenvalue weighted by Gasteiger charge is 2.38. The van der Waals surface area contributed by atoms with E-state index < -0.39 is 119 Å². The zero-order valence-electron chi connectivity index (χ0n) is 43.7. The average Bonchev–Trinajstić information content (AvgIpc) is 3.40. The highest BCUT2D eigenvalue weighted by atomic mass is 32.1. The molecule has 8 atom stereocenters. The molecule has 0 saturated carbocycles. The Kier molecular flexibility index (Phi) is 27.9. The number of aliphatic hydroxyl groups is 1. The summed E-state index contributed by atoms with van der Waals surface area (Å²) < 4.78 is -1.22. The van der Waals surface area contributed by atoms with Gasteiger partial charge in [-0.1, -0.05) is 54.6 Å². The monoisotopic (exact) mass is 1120 g/mol. The number of carbonyl (C=O) groups is 9. The maximum absolute atomic E-state index is 14.0. The number of hydrogen-bond donors (Lipinski definition) is 17. The van der Waals surface area contributed by atoms with Gasteiger partial charge in [-0.15, -0.1) is 0 Å². The first-order valence-electron chi connectivity index (χ1n) is 25.4. The minimum atomic E-state index is -1.69. The first-order chi connectivity index (χ1) is 37.0. The third-order valence-electron chi connectivity index (χ3n) is 12.2. The van der Waals surface area contributed by atoms with E-state index in [0.717, 1.165) is 0 Å². The van der Waals surface area contributed by atoms with Crippen LogP contribution in [-0.2, 0) is 62.4 Å². The Morgan fingerprint density at radius 3 is 1.47 bits per heavy atom. The zero-order chi connectivity index (χ0) is 58.0. The van der Waals surface area contributed by atoms with Crippen molar-refractivity contribution in [3.05, 3.63) is 95.6 Å². The lowest BCUT2D eigenvalue weighted by Gasteiger charge is -2.32. The fourth-order valence-electron chi connectivity index (χ4n) is 7.74. The minimum absolute atomic E-state index is 0.0204. The Bertz CT molecular complexity index is 2450. The quantitative estimate of drug-likeness (QED) is 0.0214. The molecule has 0 bridgehead atoms. The molecule has 0 aliphatic heterocycles. The van der Waals surface area contributed by atoms with E-state index in [-0.39, 0.29) is 49.4 Å². The molecule has 0 unspecified atom stereocenters. The van der Waals surface area contributed by atoms with Gasteiger partial charge in [-0.05, 0) is 113 Å². The number of thiol groups is 2. The molecule has 9 amide bonds. The summed E-state index contributed by atoms with van der Waals surface area (Å²) in [5.41, 5.74) is 24.6. The van der Waals surface area contributed by atoms with Crippen LogP contribution in [0.4, 0.5) is 0 Å². The molecular weight excluding hydrogens is 1050 g/mol. The van der Waals surface area contributed by atoms with Crippen molar-refractivity contribution in [2.75, 3.05) is 32.0 Å². The van der Waals surface area contributed by atoms with Gasteiger partial charge in [-0.2, -0.15) is 25.3 Å². The van der Waals surface area contributed by atoms with Gasteiger partial charge in [0.25, 0.3) is 0 Å². The van der Waals surface area contributed by atoms with Crippen LogP contribution in [0.3, 0.4) is 0 Å². The summed E-state index contributed by atoms with van der Waals surface area (Å²) in [7, 11) is 0. The van der Waals surface area contributed by atoms with Crippen LogP contribution < -0.4 is 65.5 Å². The molecule has 78 heavy (non-hydrogen) atoms. The number of carbonyl (C=O) groups excluding carboxylic acids is 9. The number of amides is 9. The molecule has 0 saturated heterocycles. The molecule has 0 radical (unpaired) electrons. The first-order valence-corrected chi connectivity index (χ1v) is 26.5. The number of aromatic hydroxyl groups is 2. The van der Waals surface area contributed by atoms with Crippen LogP contribution in [0.25, 0.3) is 0 Å². The number of benzene rings is 3. The van der Waals surface area contributed by atoms with Crippen LogP contribution in [-0.4, -0.2) is 154 Å². The number of hydrogen-bond acceptors (Lipinski definition) is 17. The van der Waals surface area contributed by atoms with Crippen molar-refractivity contribution in [3.8, 4) is 11.5 Å². The summed E-state index contributed by atoms with van der Waals surface area (Å²) in [4.78, 5) is 122. The molecule has 0 aromatic heterocycles. The van der Waals surface area contributed by atoms with Crippen LogP contribution in [0.1, 0.15) is 69.1 Å². The Balaban J connectivity index is 1.76. The molecule has 0 aliphatic carbocycles. The van der Waals surface area contributed by atoms with Crippen molar-refractivity contribution >= 4 is 78.4 Å². The van der Waals surface area contributed by atoms with E-state index in [1.54, 1.807) is 56.3 Å². The van der Waals surface area contributed by atoms with Crippen LogP contribution in [0.5, 0.6) is 11.5 Å². The average molecular weight is 1130 g/mol. The lowest BCUT2D eigenvalue weighted by atomic mass is 9.99. The summed E-state index contributed by atoms with van der Waals surface area (Å²) in [6.07, 6.45) is 2.10. The van der Waals surface area contributed by atoms with Crippen LogP contribution in [0.2, 0.25) is 0 Å². The van der Waals surface area contributed by atoms with E-state index in [0.29, 0.717) is 55.5 Å². The standard InChI is InChI=1S/C52H76N12O12S2/c1-52(2,78)43(64-45(70)35(55)24-31-14-18-33(66)19-15-31)51(76)62-38(26-32-16-20-34(67)21-17-32)46(71)57-27-42(68)58-40(28-65)49(74)61-39(25-30-10-4-3-5-11-30)48(73)63-41(29-77)50(75)60-37(13-7-9-23-54)47(72)59-36(44(56)69)12-6-8-22-53/h3-5,10-11,14-21,35-41,43,65-67,77-78H,6-9,12-13,22-29,53-55H2,1-2H3,(H2,56,69)(H,57,71)(H,58,68)(H,59,72)(H,60,75)(H,61,74)(H,62,76)(H,63,73)(H,64,70)/t35-,36-,37-,38-,39-,40-,41-,43-/m0/s1. The molecule has 3 rings (SSSR count).